The molecule has 3 aromatic heterocycles. The molecule has 0 bridgehead atoms. The molecule has 0 aliphatic carbocycles. The normalized spacial score (nSPS) is 11.1. The zero-order valence-corrected chi connectivity index (χ0v) is 14.0. The third-order valence-electron chi connectivity index (χ3n) is 3.88. The van der Waals surface area contributed by atoms with Crippen LogP contribution in [0.15, 0.2) is 48.7 Å². The number of thiazole rings is 1. The Balaban J connectivity index is 1.96. The highest BCUT2D eigenvalue weighted by molar-refractivity contribution is 7.17. The van der Waals surface area contributed by atoms with Gasteiger partial charge in [-0.05, 0) is 31.2 Å². The van der Waals surface area contributed by atoms with Crippen molar-refractivity contribution in [1.82, 2.24) is 14.6 Å². The Bertz CT molecular complexity index is 1120. The van der Waals surface area contributed by atoms with Crippen LogP contribution in [0.1, 0.15) is 15.4 Å². The quantitative estimate of drug-likeness (QED) is 0.611. The number of halogens is 1. The number of rotatable bonds is 3. The minimum absolute atomic E-state index is 0.301. The van der Waals surface area contributed by atoms with Gasteiger partial charge < -0.3 is 5.73 Å². The first-order chi connectivity index (χ1) is 12.0. The van der Waals surface area contributed by atoms with E-state index in [1.54, 1.807) is 16.6 Å². The standard InChI is InChI=1S/C18H13FN4OS/c1-10-14(13-7-2-3-8-23(13)22-10)18-21-15(16(25-18)17(20)24)11-5-4-6-12(19)9-11/h2-9H,1H3,(H2,20,24). The van der Waals surface area contributed by atoms with Crippen molar-refractivity contribution in [3.8, 4) is 21.8 Å². The molecule has 0 saturated carbocycles. The smallest absolute Gasteiger partial charge is 0.261 e. The molecule has 2 N–H and O–H groups in total. The first kappa shape index (κ1) is 15.5. The molecule has 0 saturated heterocycles. The maximum absolute atomic E-state index is 13.6. The van der Waals surface area contributed by atoms with Gasteiger partial charge in [-0.25, -0.2) is 13.9 Å². The molecule has 0 atom stereocenters. The highest BCUT2D eigenvalue weighted by Crippen LogP contribution is 2.37. The van der Waals surface area contributed by atoms with Gasteiger partial charge in [0.2, 0.25) is 0 Å². The average molecular weight is 352 g/mol. The Morgan fingerprint density at radius 1 is 1.24 bits per heavy atom. The first-order valence-electron chi connectivity index (χ1n) is 7.55. The van der Waals surface area contributed by atoms with Crippen molar-refractivity contribution in [2.75, 3.05) is 0 Å². The van der Waals surface area contributed by atoms with E-state index < -0.39 is 11.7 Å². The molecule has 3 heterocycles. The lowest BCUT2D eigenvalue weighted by Crippen LogP contribution is -2.10. The molecule has 124 valence electrons. The summed E-state index contributed by atoms with van der Waals surface area (Å²) < 4.78 is 15.3. The first-order valence-corrected chi connectivity index (χ1v) is 8.37. The zero-order chi connectivity index (χ0) is 17.6. The Labute approximate surface area is 146 Å². The van der Waals surface area contributed by atoms with Crippen LogP contribution < -0.4 is 5.73 Å². The molecular formula is C18H13FN4OS. The fraction of sp³-hybridized carbons (Fsp3) is 0.0556. The van der Waals surface area contributed by atoms with Gasteiger partial charge in [0, 0.05) is 11.8 Å². The Hall–Kier alpha value is -3.06. The summed E-state index contributed by atoms with van der Waals surface area (Å²) in [4.78, 5) is 16.8. The number of primary amides is 1. The van der Waals surface area contributed by atoms with E-state index in [-0.39, 0.29) is 0 Å². The van der Waals surface area contributed by atoms with E-state index >= 15 is 0 Å². The molecule has 1 aromatic carbocycles. The van der Waals surface area contributed by atoms with Gasteiger partial charge in [-0.2, -0.15) is 5.10 Å². The largest absolute Gasteiger partial charge is 0.365 e. The van der Waals surface area contributed by atoms with E-state index in [1.165, 1.54) is 23.5 Å². The number of aryl methyl sites for hydroxylation is 1. The predicted molar refractivity (Wildman–Crippen MR) is 94.9 cm³/mol. The predicted octanol–water partition coefficient (Wildman–Crippen LogP) is 3.67. The van der Waals surface area contributed by atoms with Gasteiger partial charge in [0.15, 0.2) is 0 Å². The molecule has 0 aliphatic heterocycles. The number of hydrogen-bond donors (Lipinski definition) is 1. The minimum atomic E-state index is -0.586. The maximum atomic E-state index is 13.6. The average Bonchev–Trinajstić information content (AvgIpc) is 3.15. The van der Waals surface area contributed by atoms with E-state index in [0.717, 1.165) is 16.8 Å². The molecule has 0 unspecified atom stereocenters. The van der Waals surface area contributed by atoms with Gasteiger partial charge in [-0.3, -0.25) is 4.79 Å². The molecule has 4 aromatic rings. The summed E-state index contributed by atoms with van der Waals surface area (Å²) in [6.07, 6.45) is 1.85. The molecular weight excluding hydrogens is 339 g/mol. The highest BCUT2D eigenvalue weighted by atomic mass is 32.1. The van der Waals surface area contributed by atoms with Gasteiger partial charge in [0.1, 0.15) is 15.7 Å². The fourth-order valence-corrected chi connectivity index (χ4v) is 3.85. The monoisotopic (exact) mass is 352 g/mol. The van der Waals surface area contributed by atoms with E-state index in [1.807, 2.05) is 31.3 Å². The number of hydrogen-bond acceptors (Lipinski definition) is 4. The number of carbonyl (C=O) groups excluding carboxylic acids is 1. The molecule has 4 rings (SSSR count). The van der Waals surface area contributed by atoms with Crippen LogP contribution in [0.2, 0.25) is 0 Å². The summed E-state index contributed by atoms with van der Waals surface area (Å²) in [5.74, 6) is -0.980. The molecule has 0 fully saturated rings. The van der Waals surface area contributed by atoms with Crippen molar-refractivity contribution < 1.29 is 9.18 Å². The van der Waals surface area contributed by atoms with Crippen molar-refractivity contribution in [3.63, 3.8) is 0 Å². The molecule has 7 heteroatoms. The third kappa shape index (κ3) is 2.58. The molecule has 5 nitrogen and oxygen atoms in total. The van der Waals surface area contributed by atoms with Crippen LogP contribution in [-0.4, -0.2) is 20.5 Å². The maximum Gasteiger partial charge on any atom is 0.261 e. The molecule has 0 radical (unpaired) electrons. The van der Waals surface area contributed by atoms with E-state index in [4.69, 9.17) is 5.73 Å². The summed E-state index contributed by atoms with van der Waals surface area (Å²) in [5, 5.41) is 5.10. The number of amides is 1. The van der Waals surface area contributed by atoms with Gasteiger partial charge in [-0.15, -0.1) is 11.3 Å². The Kier molecular flexibility index (Phi) is 3.58. The summed E-state index contributed by atoms with van der Waals surface area (Å²) in [6, 6.07) is 11.7. The van der Waals surface area contributed by atoms with Crippen LogP contribution in [0.25, 0.3) is 27.3 Å². The van der Waals surface area contributed by atoms with Gasteiger partial charge in [0.25, 0.3) is 5.91 Å². The highest BCUT2D eigenvalue weighted by Gasteiger charge is 2.22. The van der Waals surface area contributed by atoms with Crippen LogP contribution in [0.4, 0.5) is 4.39 Å². The van der Waals surface area contributed by atoms with Crippen LogP contribution in [0.3, 0.4) is 0 Å². The summed E-state index contributed by atoms with van der Waals surface area (Å²) in [6.45, 7) is 1.88. The second-order valence-corrected chi connectivity index (χ2v) is 6.56. The zero-order valence-electron chi connectivity index (χ0n) is 13.2. The van der Waals surface area contributed by atoms with Crippen molar-refractivity contribution >= 4 is 22.8 Å². The number of nitrogens with zero attached hydrogens (tertiary/aromatic N) is 3. The minimum Gasteiger partial charge on any atom is -0.365 e. The Morgan fingerprint density at radius 3 is 2.84 bits per heavy atom. The topological polar surface area (TPSA) is 73.3 Å². The number of nitrogens with two attached hydrogens (primary N) is 1. The van der Waals surface area contributed by atoms with E-state index in [9.17, 15) is 9.18 Å². The summed E-state index contributed by atoms with van der Waals surface area (Å²) in [7, 11) is 0. The van der Waals surface area contributed by atoms with Crippen molar-refractivity contribution in [2.45, 2.75) is 6.92 Å². The third-order valence-corrected chi connectivity index (χ3v) is 4.97. The van der Waals surface area contributed by atoms with Crippen molar-refractivity contribution in [1.29, 1.82) is 0 Å². The van der Waals surface area contributed by atoms with E-state index in [2.05, 4.69) is 10.1 Å². The van der Waals surface area contributed by atoms with Crippen LogP contribution in [0.5, 0.6) is 0 Å². The van der Waals surface area contributed by atoms with Crippen molar-refractivity contribution in [3.05, 3.63) is 65.0 Å². The van der Waals surface area contributed by atoms with E-state index in [0.29, 0.717) is 21.1 Å². The Morgan fingerprint density at radius 2 is 2.08 bits per heavy atom. The number of aromatic nitrogens is 3. The number of carbonyl (C=O) groups is 1. The van der Waals surface area contributed by atoms with Gasteiger partial charge in [-0.1, -0.05) is 18.2 Å². The SMILES string of the molecule is Cc1nn2ccccc2c1-c1nc(-c2cccc(F)c2)c(C(N)=O)s1. The second-order valence-electron chi connectivity index (χ2n) is 5.56. The number of benzene rings is 1. The molecule has 1 amide bonds. The molecule has 25 heavy (non-hydrogen) atoms. The fourth-order valence-electron chi connectivity index (χ4n) is 2.81. The van der Waals surface area contributed by atoms with Crippen LogP contribution >= 0.6 is 11.3 Å². The lowest BCUT2D eigenvalue weighted by Gasteiger charge is -1.99. The van der Waals surface area contributed by atoms with Crippen LogP contribution in [-0.2, 0) is 0 Å². The van der Waals surface area contributed by atoms with Gasteiger partial charge >= 0.3 is 0 Å². The van der Waals surface area contributed by atoms with Crippen LogP contribution in [0, 0.1) is 12.7 Å². The summed E-state index contributed by atoms with van der Waals surface area (Å²) in [5.41, 5.74) is 8.96. The summed E-state index contributed by atoms with van der Waals surface area (Å²) >= 11 is 1.19. The molecule has 0 spiro atoms. The lowest BCUT2D eigenvalue weighted by atomic mass is 10.1. The number of pyridine rings is 1. The van der Waals surface area contributed by atoms with Gasteiger partial charge in [0.05, 0.1) is 22.5 Å². The number of fused-ring (bicyclic) bond motifs is 1. The lowest BCUT2D eigenvalue weighted by molar-refractivity contribution is 0.100. The molecule has 0 aliphatic rings. The second kappa shape index (κ2) is 5.78. The van der Waals surface area contributed by atoms with Crippen molar-refractivity contribution in [2.24, 2.45) is 5.73 Å².